The zero-order valence-electron chi connectivity index (χ0n) is 12.6. The minimum absolute atomic E-state index is 0.370. The average molecular weight is 454 g/mol. The molecule has 0 saturated heterocycles. The molecule has 0 fully saturated rings. The third-order valence-corrected chi connectivity index (χ3v) is 33.2. The van der Waals surface area contributed by atoms with Crippen LogP contribution in [0.15, 0.2) is 22.2 Å². The summed E-state index contributed by atoms with van der Waals surface area (Å²) in [6.07, 6.45) is 8.10. The summed E-state index contributed by atoms with van der Waals surface area (Å²) in [6.45, 7) is 6.92. The van der Waals surface area contributed by atoms with Gasteiger partial charge in [0.1, 0.15) is 0 Å². The van der Waals surface area contributed by atoms with Gasteiger partial charge in [0, 0.05) is 0 Å². The molecule has 0 radical (unpaired) electrons. The maximum absolute atomic E-state index is 6.23. The fraction of sp³-hybridized carbons (Fsp3) is 0.692. The molecule has 1 nitrogen and oxygen atoms in total. The minimum atomic E-state index is -2.84. The number of allylic oxidation sites excluding steroid dienone is 4. The van der Waals surface area contributed by atoms with Gasteiger partial charge in [-0.1, -0.05) is 0 Å². The van der Waals surface area contributed by atoms with Gasteiger partial charge in [0.15, 0.2) is 0 Å². The van der Waals surface area contributed by atoms with E-state index in [-0.39, 0.29) is 9.76 Å². The molecule has 1 aliphatic carbocycles. The Morgan fingerprint density at radius 2 is 1.82 bits per heavy atom. The Labute approximate surface area is 109 Å². The first-order valence-corrected chi connectivity index (χ1v) is 22.7. The van der Waals surface area contributed by atoms with Crippen LogP contribution in [0.2, 0.25) is 45.3 Å². The van der Waals surface area contributed by atoms with Crippen LogP contribution in [0.25, 0.3) is 0 Å². The first-order valence-electron chi connectivity index (χ1n) is 5.86. The average Bonchev–Trinajstić information content (AvgIpc) is 2.49. The van der Waals surface area contributed by atoms with E-state index in [0.717, 1.165) is 0 Å². The van der Waals surface area contributed by atoms with Gasteiger partial charge >= 0.3 is 110 Å². The van der Waals surface area contributed by atoms with Crippen molar-refractivity contribution < 1.29 is 17.7 Å². The van der Waals surface area contributed by atoms with E-state index in [0.29, 0.717) is 0 Å². The zero-order valence-corrected chi connectivity index (χ0v) is 17.3. The third-order valence-electron chi connectivity index (χ3n) is 2.97. The Kier molecular flexibility index (Phi) is 3.70. The van der Waals surface area contributed by atoms with Crippen LogP contribution in [0.4, 0.5) is 0 Å². The Morgan fingerprint density at radius 3 is 2.24 bits per heavy atom. The molecule has 106 valence electrons. The van der Waals surface area contributed by atoms with Gasteiger partial charge in [-0.15, -0.1) is 0 Å². The Bertz CT molecular complexity index is 367. The van der Waals surface area contributed by atoms with Gasteiger partial charge in [0.25, 0.3) is 0 Å². The van der Waals surface area contributed by atoms with Gasteiger partial charge in [-0.3, -0.25) is 0 Å². The molecule has 0 saturated carbocycles. The first-order chi connectivity index (χ1) is 7.33. The van der Waals surface area contributed by atoms with Crippen LogP contribution in [0.1, 0.15) is 6.42 Å². The van der Waals surface area contributed by atoms with Gasteiger partial charge in [-0.05, 0) is 0 Å². The molecule has 1 aliphatic rings. The van der Waals surface area contributed by atoms with Gasteiger partial charge in [0.2, 0.25) is 0 Å². The summed E-state index contributed by atoms with van der Waals surface area (Å²) in [5, 5.41) is 10.3. The Morgan fingerprint density at radius 1 is 1.24 bits per heavy atom. The summed E-state index contributed by atoms with van der Waals surface area (Å²) >= 11 is -2.84. The third kappa shape index (κ3) is 4.62. The molecule has 0 spiro atoms. The molecular formula is C13H30OPtSi2. The van der Waals surface area contributed by atoms with E-state index in [9.17, 15) is 0 Å². The van der Waals surface area contributed by atoms with E-state index in [1.54, 1.807) is 3.96 Å². The summed E-state index contributed by atoms with van der Waals surface area (Å²) in [7, 11) is -1.68. The van der Waals surface area contributed by atoms with Crippen molar-refractivity contribution in [1.82, 2.24) is 0 Å². The van der Waals surface area contributed by atoms with Crippen molar-refractivity contribution >= 4 is 18.1 Å². The summed E-state index contributed by atoms with van der Waals surface area (Å²) in [5.41, 5.74) is 0. The van der Waals surface area contributed by atoms with Crippen LogP contribution in [0.3, 0.4) is 0 Å². The second kappa shape index (κ2) is 4.03. The van der Waals surface area contributed by atoms with Crippen LogP contribution in [-0.2, 0) is 17.7 Å². The van der Waals surface area contributed by atoms with Crippen molar-refractivity contribution in [2.24, 2.45) is 0 Å². The molecule has 1 rings (SSSR count). The SMILES string of the molecule is C[Si](C)(C)O[SiH2][CH2][Pt]([CH3])([CH3])([CH3])([CH3])[C]1=CC=CC1. The van der Waals surface area contributed by atoms with Crippen molar-refractivity contribution in [2.75, 3.05) is 0 Å². The summed E-state index contributed by atoms with van der Waals surface area (Å²) in [4.78, 5) is 0. The second-order valence-corrected chi connectivity index (χ2v) is 43.7. The molecule has 0 unspecified atom stereocenters. The summed E-state index contributed by atoms with van der Waals surface area (Å²) < 4.78 is 9.34. The fourth-order valence-corrected chi connectivity index (χ4v) is 20.2. The predicted molar refractivity (Wildman–Crippen MR) is 83.1 cm³/mol. The van der Waals surface area contributed by atoms with Crippen LogP contribution >= 0.6 is 0 Å². The van der Waals surface area contributed by atoms with Gasteiger partial charge < -0.3 is 0 Å². The molecule has 0 aromatic rings. The van der Waals surface area contributed by atoms with Crippen molar-refractivity contribution in [3.8, 4) is 0 Å². The molecule has 0 aromatic carbocycles. The Hall–Kier alpha value is 0.562. The van der Waals surface area contributed by atoms with Crippen molar-refractivity contribution in [3.63, 3.8) is 0 Å². The monoisotopic (exact) mass is 453 g/mol. The van der Waals surface area contributed by atoms with Gasteiger partial charge in [0.05, 0.1) is 0 Å². The zero-order chi connectivity index (χ0) is 13.4. The molecule has 0 bridgehead atoms. The Balaban J connectivity index is 2.77. The van der Waals surface area contributed by atoms with Gasteiger partial charge in [-0.2, -0.15) is 0 Å². The molecule has 17 heavy (non-hydrogen) atoms. The van der Waals surface area contributed by atoms with Crippen LogP contribution in [0, 0.1) is 0 Å². The fourth-order valence-electron chi connectivity index (χ4n) is 1.69. The van der Waals surface area contributed by atoms with Crippen LogP contribution in [0.5, 0.6) is 0 Å². The van der Waals surface area contributed by atoms with Crippen LogP contribution in [-0.4, -0.2) is 18.1 Å². The summed E-state index contributed by atoms with van der Waals surface area (Å²) in [5.74, 6) is 0. The van der Waals surface area contributed by atoms with Crippen molar-refractivity contribution in [2.45, 2.75) is 51.7 Å². The van der Waals surface area contributed by atoms with E-state index < -0.39 is 21.9 Å². The van der Waals surface area contributed by atoms with E-state index in [2.05, 4.69) is 59.1 Å². The molecule has 0 aromatic heterocycles. The predicted octanol–water partition coefficient (Wildman–Crippen LogP) is 4.56. The molecular weight excluding hydrogens is 423 g/mol. The van der Waals surface area contributed by atoms with Gasteiger partial charge in [-0.25, -0.2) is 0 Å². The molecule has 4 heteroatoms. The number of rotatable bonds is 5. The van der Waals surface area contributed by atoms with E-state index >= 15 is 0 Å². The van der Waals surface area contributed by atoms with Crippen molar-refractivity contribution in [1.29, 1.82) is 0 Å². The van der Waals surface area contributed by atoms with E-state index in [1.807, 2.05) is 0 Å². The molecule has 0 aliphatic heterocycles. The standard InChI is InChI=1S/C5H5.C4H13OSi2.4CH3.Pt/c1-2-4-5-3-1;1-6-5-7(2,3)4;;;;;/h1-3H,4H2;1,6H2,2-4H3;4*1H3;. The second-order valence-electron chi connectivity index (χ2n) is 7.36. The normalized spacial score (nSPS) is 21.7. The molecule has 0 heterocycles. The van der Waals surface area contributed by atoms with Crippen molar-refractivity contribution in [3.05, 3.63) is 22.2 Å². The van der Waals surface area contributed by atoms with Crippen LogP contribution < -0.4 is 0 Å². The van der Waals surface area contributed by atoms with E-state index in [4.69, 9.17) is 4.12 Å². The quantitative estimate of drug-likeness (QED) is 0.555. The first kappa shape index (κ1) is 15.6. The summed E-state index contributed by atoms with van der Waals surface area (Å²) in [6, 6.07) is 0. The molecule has 0 atom stereocenters. The number of hydrogen-bond donors (Lipinski definition) is 0. The topological polar surface area (TPSA) is 9.23 Å². The molecule has 0 amide bonds. The number of hydrogen-bond acceptors (Lipinski definition) is 1. The maximum atomic E-state index is 6.23. The molecule has 0 N–H and O–H groups in total. The van der Waals surface area contributed by atoms with E-state index in [1.165, 1.54) is 10.9 Å².